The molecular formula is C28H25Cl2O2P. The van der Waals surface area contributed by atoms with E-state index in [9.17, 15) is 4.79 Å². The Kier molecular flexibility index (Phi) is 6.64. The van der Waals surface area contributed by atoms with E-state index in [2.05, 4.69) is 0 Å². The van der Waals surface area contributed by atoms with Crippen molar-refractivity contribution in [1.29, 1.82) is 0 Å². The van der Waals surface area contributed by atoms with Crippen LogP contribution < -0.4 is 15.9 Å². The molecule has 0 spiro atoms. The van der Waals surface area contributed by atoms with Crippen molar-refractivity contribution in [2.45, 2.75) is 11.0 Å². The second-order valence-corrected chi connectivity index (χ2v) is 15.2. The molecular weight excluding hydrogens is 470 g/mol. The van der Waals surface area contributed by atoms with E-state index in [0.717, 1.165) is 21.5 Å². The summed E-state index contributed by atoms with van der Waals surface area (Å²) in [6, 6.07) is 38.9. The number of halogens is 2. The first-order valence-electron chi connectivity index (χ1n) is 10.7. The molecule has 4 aromatic rings. The van der Waals surface area contributed by atoms with E-state index < -0.39 is 16.5 Å². The molecule has 0 saturated carbocycles. The fourth-order valence-electron chi connectivity index (χ4n) is 4.60. The zero-order chi connectivity index (χ0) is 23.4. The van der Waals surface area contributed by atoms with E-state index in [-0.39, 0.29) is 6.42 Å². The molecule has 0 aromatic heterocycles. The molecule has 0 aliphatic heterocycles. The molecule has 33 heavy (non-hydrogen) atoms. The summed E-state index contributed by atoms with van der Waals surface area (Å²) in [4.78, 5) is 13.8. The molecule has 0 aliphatic rings. The van der Waals surface area contributed by atoms with Crippen LogP contribution in [0.4, 0.5) is 0 Å². The van der Waals surface area contributed by atoms with E-state index in [1.54, 1.807) is 0 Å². The number of carbonyl (C=O) groups excluding carboxylic acids is 1. The number of esters is 1. The summed E-state index contributed by atoms with van der Waals surface area (Å²) in [5, 5.41) is 2.41. The summed E-state index contributed by atoms with van der Waals surface area (Å²) in [5.74, 6) is -4.77. The maximum absolute atomic E-state index is 13.8. The van der Waals surface area contributed by atoms with Crippen molar-refractivity contribution in [3.63, 3.8) is 0 Å². The molecule has 4 aromatic carbocycles. The fraction of sp³-hybridized carbons (Fsp3) is 0.107. The van der Waals surface area contributed by atoms with Crippen LogP contribution in [0.2, 0.25) is 0 Å². The second-order valence-electron chi connectivity index (χ2n) is 7.93. The molecule has 4 rings (SSSR count). The zero-order valence-electron chi connectivity index (χ0n) is 18.3. The van der Waals surface area contributed by atoms with Crippen molar-refractivity contribution in [2.75, 3.05) is 7.11 Å². The number of rotatable bonds is 7. The van der Waals surface area contributed by atoms with Crippen LogP contribution in [0.3, 0.4) is 0 Å². The van der Waals surface area contributed by atoms with Gasteiger partial charge in [-0.05, 0) is 0 Å². The summed E-state index contributed by atoms with van der Waals surface area (Å²) < 4.78 is 3.78. The number of hydrogen-bond acceptors (Lipinski definition) is 2. The maximum atomic E-state index is 13.8. The monoisotopic (exact) mass is 494 g/mol. The molecule has 0 radical (unpaired) electrons. The van der Waals surface area contributed by atoms with Crippen LogP contribution in [0.25, 0.3) is 0 Å². The van der Waals surface area contributed by atoms with Gasteiger partial charge < -0.3 is 0 Å². The first kappa shape index (κ1) is 23.5. The van der Waals surface area contributed by atoms with E-state index in [0.29, 0.717) is 0 Å². The van der Waals surface area contributed by atoms with Crippen molar-refractivity contribution < 1.29 is 9.53 Å². The number of alkyl halides is 1. The molecule has 1 atom stereocenters. The van der Waals surface area contributed by atoms with Crippen LogP contribution in [0.1, 0.15) is 5.56 Å². The topological polar surface area (TPSA) is 26.3 Å². The number of methoxy groups -OCH3 is 1. The Hall–Kier alpha value is -2.64. The van der Waals surface area contributed by atoms with Crippen LogP contribution in [-0.2, 0) is 16.0 Å². The van der Waals surface area contributed by atoms with Crippen LogP contribution >= 0.6 is 28.8 Å². The predicted molar refractivity (Wildman–Crippen MR) is 142 cm³/mol. The van der Waals surface area contributed by atoms with Gasteiger partial charge in [-0.25, -0.2) is 0 Å². The first-order valence-corrected chi connectivity index (χ1v) is 14.2. The number of carbonyl (C=O) groups is 1. The molecule has 0 bridgehead atoms. The number of hydrogen-bond donors (Lipinski definition) is 0. The van der Waals surface area contributed by atoms with E-state index in [4.69, 9.17) is 27.6 Å². The summed E-state index contributed by atoms with van der Waals surface area (Å²) in [5.41, 5.74) is 0.898. The molecule has 0 heterocycles. The van der Waals surface area contributed by atoms with Crippen LogP contribution in [-0.4, -0.2) is 17.7 Å². The Morgan fingerprint density at radius 2 is 1.03 bits per heavy atom. The van der Waals surface area contributed by atoms with Crippen molar-refractivity contribution in [2.24, 2.45) is 0 Å². The van der Waals surface area contributed by atoms with Crippen LogP contribution in [0.15, 0.2) is 121 Å². The normalized spacial score (nSPS) is 14.5. The summed E-state index contributed by atoms with van der Waals surface area (Å²) in [6.45, 7) is 0. The van der Waals surface area contributed by atoms with E-state index in [1.807, 2.05) is 121 Å². The predicted octanol–water partition coefficient (Wildman–Crippen LogP) is 6.02. The summed E-state index contributed by atoms with van der Waals surface area (Å²) >= 11 is 15.8. The van der Waals surface area contributed by atoms with Gasteiger partial charge in [-0.1, -0.05) is 0 Å². The van der Waals surface area contributed by atoms with Gasteiger partial charge in [0, 0.05) is 0 Å². The van der Waals surface area contributed by atoms with Crippen molar-refractivity contribution in [3.8, 4) is 0 Å². The molecule has 0 amide bonds. The average molecular weight is 495 g/mol. The van der Waals surface area contributed by atoms with E-state index in [1.165, 1.54) is 7.11 Å². The standard InChI is InChI=1S/C28H25Cl2O2P/c1-32-27(31)28(29,22-23-14-6-2-7-15-23)33(30,24-16-8-3-9-17-24,25-18-10-4-11-19-25)26-20-12-5-13-21-26/h2-21H,22H2,1H3. The first-order chi connectivity index (χ1) is 16.0. The molecule has 1 unspecified atom stereocenters. The average Bonchev–Trinajstić information content (AvgIpc) is 2.89. The van der Waals surface area contributed by atoms with Crippen molar-refractivity contribution in [1.82, 2.24) is 0 Å². The fourth-order valence-corrected chi connectivity index (χ4v) is 12.3. The van der Waals surface area contributed by atoms with Gasteiger partial charge in [0.1, 0.15) is 0 Å². The Balaban J connectivity index is 2.21. The van der Waals surface area contributed by atoms with E-state index >= 15 is 0 Å². The third-order valence-electron chi connectivity index (χ3n) is 6.17. The van der Waals surface area contributed by atoms with Gasteiger partial charge in [0.25, 0.3) is 0 Å². The van der Waals surface area contributed by atoms with Crippen LogP contribution in [0, 0.1) is 0 Å². The van der Waals surface area contributed by atoms with Gasteiger partial charge in [-0.15, -0.1) is 0 Å². The van der Waals surface area contributed by atoms with Crippen molar-refractivity contribution in [3.05, 3.63) is 127 Å². The zero-order valence-corrected chi connectivity index (χ0v) is 20.7. The number of ether oxygens (including phenoxy) is 1. The van der Waals surface area contributed by atoms with Crippen LogP contribution in [0.5, 0.6) is 0 Å². The van der Waals surface area contributed by atoms with Gasteiger partial charge in [0.2, 0.25) is 0 Å². The Bertz CT molecular complexity index is 1120. The molecule has 0 aliphatic carbocycles. The van der Waals surface area contributed by atoms with Gasteiger partial charge >= 0.3 is 205 Å². The van der Waals surface area contributed by atoms with Gasteiger partial charge in [-0.3, -0.25) is 0 Å². The molecule has 0 saturated heterocycles. The molecule has 5 heteroatoms. The number of benzene rings is 4. The van der Waals surface area contributed by atoms with Gasteiger partial charge in [0.15, 0.2) is 0 Å². The van der Waals surface area contributed by atoms with Crippen molar-refractivity contribution >= 4 is 50.7 Å². The molecule has 168 valence electrons. The Labute approximate surface area is 204 Å². The molecule has 0 fully saturated rings. The minimum atomic E-state index is -4.21. The second kappa shape index (κ2) is 9.31. The Morgan fingerprint density at radius 1 is 0.697 bits per heavy atom. The molecule has 0 N–H and O–H groups in total. The third-order valence-corrected chi connectivity index (χ3v) is 15.8. The minimum absolute atomic E-state index is 0.197. The summed E-state index contributed by atoms with van der Waals surface area (Å²) in [7, 11) is 1.36. The Morgan fingerprint density at radius 3 is 1.36 bits per heavy atom. The molecule has 2 nitrogen and oxygen atoms in total. The van der Waals surface area contributed by atoms with Gasteiger partial charge in [-0.2, -0.15) is 0 Å². The quantitative estimate of drug-likeness (QED) is 0.178. The van der Waals surface area contributed by atoms with Gasteiger partial charge in [0.05, 0.1) is 0 Å². The summed E-state index contributed by atoms with van der Waals surface area (Å²) in [6.07, 6.45) is 0.197. The third kappa shape index (κ3) is 3.58. The SMILES string of the molecule is COC(=O)C(Cl)(Cc1ccccc1)P(Cl)(c1ccccc1)(c1ccccc1)c1ccccc1.